The molecule has 1 atom stereocenters. The highest BCUT2D eigenvalue weighted by Crippen LogP contribution is 2.21. The van der Waals surface area contributed by atoms with Crippen LogP contribution in [0.5, 0.6) is 0 Å². The Morgan fingerprint density at radius 3 is 2.77 bits per heavy atom. The summed E-state index contributed by atoms with van der Waals surface area (Å²) in [4.78, 5) is 16.4. The maximum atomic E-state index is 11.1. The van der Waals surface area contributed by atoms with Crippen molar-refractivity contribution < 1.29 is 9.47 Å². The molecule has 0 spiro atoms. The fourth-order valence-corrected chi connectivity index (χ4v) is 3.35. The number of ether oxygens (including phenoxy) is 2. The van der Waals surface area contributed by atoms with Crippen molar-refractivity contribution in [1.29, 1.82) is 0 Å². The lowest BCUT2D eigenvalue weighted by Crippen LogP contribution is -2.38. The molecule has 5 heteroatoms. The van der Waals surface area contributed by atoms with Crippen LogP contribution in [0.15, 0.2) is 23.1 Å². The molecule has 0 bridgehead atoms. The van der Waals surface area contributed by atoms with Gasteiger partial charge < -0.3 is 19.4 Å². The Hall–Kier alpha value is -1.17. The van der Waals surface area contributed by atoms with Gasteiger partial charge in [-0.15, -0.1) is 0 Å². The molecule has 1 aromatic heterocycles. The number of rotatable bonds is 5. The second kappa shape index (κ2) is 7.90. The van der Waals surface area contributed by atoms with Crippen molar-refractivity contribution in [3.8, 4) is 0 Å². The number of piperidine rings is 1. The first-order chi connectivity index (χ1) is 10.8. The zero-order valence-corrected chi connectivity index (χ0v) is 13.1. The second-order valence-electron chi connectivity index (χ2n) is 6.41. The third-order valence-electron chi connectivity index (χ3n) is 4.73. The molecule has 0 saturated carbocycles. The number of pyridine rings is 1. The summed E-state index contributed by atoms with van der Waals surface area (Å²) in [6.07, 6.45) is 6.76. The lowest BCUT2D eigenvalue weighted by atomic mass is 9.90. The predicted molar refractivity (Wildman–Crippen MR) is 85.1 cm³/mol. The summed E-state index contributed by atoms with van der Waals surface area (Å²) in [6, 6.07) is 3.57. The normalized spacial score (nSPS) is 24.5. The van der Waals surface area contributed by atoms with E-state index in [1.807, 2.05) is 12.3 Å². The van der Waals surface area contributed by atoms with E-state index >= 15 is 0 Å². The van der Waals surface area contributed by atoms with E-state index < -0.39 is 0 Å². The lowest BCUT2D eigenvalue weighted by Gasteiger charge is -2.33. The first kappa shape index (κ1) is 15.7. The summed E-state index contributed by atoms with van der Waals surface area (Å²) >= 11 is 0. The van der Waals surface area contributed by atoms with Crippen LogP contribution in [0, 0.1) is 5.92 Å². The van der Waals surface area contributed by atoms with E-state index in [-0.39, 0.29) is 11.7 Å². The fourth-order valence-electron chi connectivity index (χ4n) is 3.35. The van der Waals surface area contributed by atoms with Gasteiger partial charge in [0.25, 0.3) is 0 Å². The van der Waals surface area contributed by atoms with Crippen molar-refractivity contribution in [3.63, 3.8) is 0 Å². The minimum Gasteiger partial charge on any atom is -0.376 e. The summed E-state index contributed by atoms with van der Waals surface area (Å²) in [7, 11) is 0. The SMILES string of the molecule is O=c1ccc(CC2CCN(CCC3COCCO3)CC2)c[nH]1. The molecule has 0 radical (unpaired) electrons. The Labute approximate surface area is 131 Å². The Bertz CT molecular complexity index is 482. The molecule has 1 unspecified atom stereocenters. The Morgan fingerprint density at radius 1 is 1.23 bits per heavy atom. The third-order valence-corrected chi connectivity index (χ3v) is 4.73. The minimum absolute atomic E-state index is 0.0209. The molecule has 22 heavy (non-hydrogen) atoms. The van der Waals surface area contributed by atoms with E-state index in [2.05, 4.69) is 9.88 Å². The first-order valence-corrected chi connectivity index (χ1v) is 8.39. The number of likely N-dealkylation sites (tertiary alicyclic amines) is 1. The van der Waals surface area contributed by atoms with Crippen LogP contribution in [0.2, 0.25) is 0 Å². The smallest absolute Gasteiger partial charge is 0.247 e. The average molecular weight is 306 g/mol. The van der Waals surface area contributed by atoms with Crippen molar-refractivity contribution in [1.82, 2.24) is 9.88 Å². The van der Waals surface area contributed by atoms with Crippen molar-refractivity contribution in [2.45, 2.75) is 31.8 Å². The first-order valence-electron chi connectivity index (χ1n) is 8.39. The van der Waals surface area contributed by atoms with Gasteiger partial charge in [0.05, 0.1) is 25.9 Å². The standard InChI is InChI=1S/C17H26N2O3/c20-17-2-1-15(12-18-17)11-14-3-6-19(7-4-14)8-5-16-13-21-9-10-22-16/h1-2,12,14,16H,3-11,13H2,(H,18,20). The van der Waals surface area contributed by atoms with Crippen LogP contribution in [0.3, 0.4) is 0 Å². The van der Waals surface area contributed by atoms with Crippen LogP contribution in [0.4, 0.5) is 0 Å². The molecule has 1 aromatic rings. The predicted octanol–water partition coefficient (Wildman–Crippen LogP) is 1.43. The number of nitrogens with one attached hydrogen (secondary N) is 1. The topological polar surface area (TPSA) is 54.6 Å². The van der Waals surface area contributed by atoms with E-state index in [4.69, 9.17) is 9.47 Å². The molecule has 2 saturated heterocycles. The molecule has 1 N–H and O–H groups in total. The van der Waals surface area contributed by atoms with E-state index in [1.165, 1.54) is 31.5 Å². The van der Waals surface area contributed by atoms with E-state index in [0.717, 1.165) is 45.1 Å². The molecule has 3 heterocycles. The second-order valence-corrected chi connectivity index (χ2v) is 6.41. The molecular formula is C17H26N2O3. The lowest BCUT2D eigenvalue weighted by molar-refractivity contribution is -0.0931. The molecule has 3 rings (SSSR count). The molecule has 2 aliphatic rings. The van der Waals surface area contributed by atoms with Crippen molar-refractivity contribution in [3.05, 3.63) is 34.2 Å². The fraction of sp³-hybridized carbons (Fsp3) is 0.706. The van der Waals surface area contributed by atoms with Crippen LogP contribution >= 0.6 is 0 Å². The van der Waals surface area contributed by atoms with Gasteiger partial charge in [-0.2, -0.15) is 0 Å². The number of hydrogen-bond acceptors (Lipinski definition) is 4. The van der Waals surface area contributed by atoms with Gasteiger partial charge in [0.1, 0.15) is 0 Å². The maximum Gasteiger partial charge on any atom is 0.247 e. The number of hydrogen-bond donors (Lipinski definition) is 1. The highest BCUT2D eigenvalue weighted by atomic mass is 16.6. The van der Waals surface area contributed by atoms with Crippen LogP contribution in [0.25, 0.3) is 0 Å². The highest BCUT2D eigenvalue weighted by Gasteiger charge is 2.21. The number of aromatic amines is 1. The molecular weight excluding hydrogens is 280 g/mol. The van der Waals surface area contributed by atoms with Gasteiger partial charge >= 0.3 is 0 Å². The van der Waals surface area contributed by atoms with Crippen molar-refractivity contribution in [2.24, 2.45) is 5.92 Å². The quantitative estimate of drug-likeness (QED) is 0.894. The zero-order chi connectivity index (χ0) is 15.2. The van der Waals surface area contributed by atoms with E-state index in [0.29, 0.717) is 0 Å². The molecule has 0 aliphatic carbocycles. The summed E-state index contributed by atoms with van der Waals surface area (Å²) in [5.41, 5.74) is 1.22. The van der Waals surface area contributed by atoms with Crippen molar-refractivity contribution in [2.75, 3.05) is 39.5 Å². The largest absolute Gasteiger partial charge is 0.376 e. The summed E-state index contributed by atoms with van der Waals surface area (Å²) < 4.78 is 11.1. The maximum absolute atomic E-state index is 11.1. The molecule has 0 aromatic carbocycles. The van der Waals surface area contributed by atoms with Gasteiger partial charge in [0, 0.05) is 18.8 Å². The van der Waals surface area contributed by atoms with E-state index in [1.54, 1.807) is 6.07 Å². The Balaban J connectivity index is 1.36. The van der Waals surface area contributed by atoms with Gasteiger partial charge in [-0.25, -0.2) is 0 Å². The van der Waals surface area contributed by atoms with Gasteiger partial charge in [-0.1, -0.05) is 6.07 Å². The minimum atomic E-state index is -0.0209. The van der Waals surface area contributed by atoms with Crippen molar-refractivity contribution >= 4 is 0 Å². The molecule has 2 aliphatic heterocycles. The van der Waals surface area contributed by atoms with E-state index in [9.17, 15) is 4.79 Å². The van der Waals surface area contributed by atoms with Gasteiger partial charge in [-0.05, 0) is 50.3 Å². The monoisotopic (exact) mass is 306 g/mol. The van der Waals surface area contributed by atoms with Gasteiger partial charge in [0.2, 0.25) is 5.56 Å². The van der Waals surface area contributed by atoms with Crippen LogP contribution in [0.1, 0.15) is 24.8 Å². The van der Waals surface area contributed by atoms with Crippen LogP contribution < -0.4 is 5.56 Å². The van der Waals surface area contributed by atoms with Crippen LogP contribution in [-0.4, -0.2) is 55.4 Å². The summed E-state index contributed by atoms with van der Waals surface area (Å²) in [5.74, 6) is 0.733. The van der Waals surface area contributed by atoms with Gasteiger partial charge in [-0.3, -0.25) is 4.79 Å². The summed E-state index contributed by atoms with van der Waals surface area (Å²) in [6.45, 7) is 5.68. The molecule has 5 nitrogen and oxygen atoms in total. The summed E-state index contributed by atoms with van der Waals surface area (Å²) in [5, 5.41) is 0. The molecule has 0 amide bonds. The Kier molecular flexibility index (Phi) is 5.64. The Morgan fingerprint density at radius 2 is 2.09 bits per heavy atom. The van der Waals surface area contributed by atoms with Crippen LogP contribution in [-0.2, 0) is 15.9 Å². The highest BCUT2D eigenvalue weighted by molar-refractivity contribution is 5.09. The molecule has 2 fully saturated rings. The van der Waals surface area contributed by atoms with Gasteiger partial charge in [0.15, 0.2) is 0 Å². The average Bonchev–Trinajstić information content (AvgIpc) is 2.57. The molecule has 122 valence electrons. The number of H-pyrrole nitrogens is 1. The number of nitrogens with zero attached hydrogens (tertiary/aromatic N) is 1. The number of aromatic nitrogens is 1. The third kappa shape index (κ3) is 4.66. The zero-order valence-electron chi connectivity index (χ0n) is 13.1.